The largest absolute Gasteiger partial charge is 0.371 e. The third kappa shape index (κ3) is 3.00. The normalized spacial score (nSPS) is 12.8. The summed E-state index contributed by atoms with van der Waals surface area (Å²) in [4.78, 5) is 2.42. The summed E-state index contributed by atoms with van der Waals surface area (Å²) in [5.41, 5.74) is 2.78. The Hall–Kier alpha value is -0.440. The van der Waals surface area contributed by atoms with Gasteiger partial charge in [-0.05, 0) is 30.5 Å². The zero-order chi connectivity index (χ0) is 9.26. The van der Waals surface area contributed by atoms with Crippen LogP contribution in [0.15, 0.2) is 18.2 Å². The van der Waals surface area contributed by atoms with Gasteiger partial charge in [0.05, 0.1) is 0 Å². The molecular formula is C11H18Cl2N2. The van der Waals surface area contributed by atoms with Crippen molar-refractivity contribution in [3.8, 4) is 0 Å². The second-order valence-electron chi connectivity index (χ2n) is 3.51. The van der Waals surface area contributed by atoms with Crippen LogP contribution < -0.4 is 11.1 Å². The average molecular weight is 249 g/mol. The van der Waals surface area contributed by atoms with E-state index in [1.165, 1.54) is 24.1 Å². The van der Waals surface area contributed by atoms with Crippen molar-refractivity contribution in [2.24, 2.45) is 0 Å². The second-order valence-corrected chi connectivity index (χ2v) is 3.95. The Kier molecular flexibility index (Phi) is 6.03. The van der Waals surface area contributed by atoms with E-state index >= 15 is 0 Å². The van der Waals surface area contributed by atoms with Crippen LogP contribution in [0, 0.1) is 0 Å². The molecule has 2 rings (SSSR count). The van der Waals surface area contributed by atoms with Gasteiger partial charge < -0.3 is 11.1 Å². The molecule has 0 aliphatic carbocycles. The van der Waals surface area contributed by atoms with Gasteiger partial charge in [-0.25, -0.2) is 0 Å². The van der Waals surface area contributed by atoms with Crippen molar-refractivity contribution in [1.82, 2.24) is 6.15 Å². The molecule has 0 saturated heterocycles. The maximum absolute atomic E-state index is 5.96. The Morgan fingerprint density at radius 2 is 2.13 bits per heavy atom. The number of fused-ring (bicyclic) bond motifs is 1. The maximum atomic E-state index is 5.96. The average Bonchev–Trinajstić information content (AvgIpc) is 2.49. The molecule has 0 radical (unpaired) electrons. The zero-order valence-electron chi connectivity index (χ0n) is 9.00. The summed E-state index contributed by atoms with van der Waals surface area (Å²) < 4.78 is 0. The van der Waals surface area contributed by atoms with E-state index in [1.807, 2.05) is 6.07 Å². The predicted octanol–water partition coefficient (Wildman–Crippen LogP) is 3.70. The van der Waals surface area contributed by atoms with Crippen LogP contribution in [0.2, 0.25) is 5.02 Å². The molecule has 86 valence electrons. The molecule has 0 saturated carbocycles. The summed E-state index contributed by atoms with van der Waals surface area (Å²) in [6.07, 6.45) is 2.37. The highest BCUT2D eigenvalue weighted by atomic mass is 35.5. The number of hydrogen-bond acceptors (Lipinski definition) is 2. The molecule has 0 spiro atoms. The van der Waals surface area contributed by atoms with Crippen LogP contribution in [0.25, 0.3) is 0 Å². The van der Waals surface area contributed by atoms with Crippen LogP contribution >= 0.6 is 24.0 Å². The molecule has 0 unspecified atom stereocenters. The lowest BCUT2D eigenvalue weighted by atomic mass is 10.2. The fourth-order valence-electron chi connectivity index (χ4n) is 1.92. The maximum Gasteiger partial charge on any atom is 0.0426 e. The van der Waals surface area contributed by atoms with Gasteiger partial charge in [-0.15, -0.1) is 12.4 Å². The zero-order valence-corrected chi connectivity index (χ0v) is 10.6. The first-order valence-electron chi connectivity index (χ1n) is 4.84. The third-order valence-electron chi connectivity index (χ3n) is 2.53. The Balaban J connectivity index is 0.000000980. The first kappa shape index (κ1) is 14.6. The quantitative estimate of drug-likeness (QED) is 0.867. The van der Waals surface area contributed by atoms with Crippen molar-refractivity contribution in [2.75, 3.05) is 18.0 Å². The predicted molar refractivity (Wildman–Crippen MR) is 69.9 cm³/mol. The first-order valence-corrected chi connectivity index (χ1v) is 5.22. The minimum absolute atomic E-state index is 0. The topological polar surface area (TPSA) is 38.2 Å². The fourth-order valence-corrected chi connectivity index (χ4v) is 2.09. The van der Waals surface area contributed by atoms with Crippen LogP contribution in [-0.4, -0.2) is 13.1 Å². The second kappa shape index (κ2) is 6.21. The molecule has 1 aromatic carbocycles. The molecule has 0 fully saturated rings. The van der Waals surface area contributed by atoms with Gasteiger partial charge in [0.1, 0.15) is 0 Å². The van der Waals surface area contributed by atoms with Crippen LogP contribution in [0.1, 0.15) is 18.9 Å². The van der Waals surface area contributed by atoms with E-state index in [4.69, 9.17) is 11.6 Å². The molecule has 15 heavy (non-hydrogen) atoms. The summed E-state index contributed by atoms with van der Waals surface area (Å²) in [6.45, 7) is 4.51. The van der Waals surface area contributed by atoms with Gasteiger partial charge in [-0.1, -0.05) is 24.6 Å². The molecule has 1 aliphatic heterocycles. The van der Waals surface area contributed by atoms with E-state index in [2.05, 4.69) is 24.0 Å². The molecule has 0 atom stereocenters. The van der Waals surface area contributed by atoms with Crippen LogP contribution in [-0.2, 0) is 6.42 Å². The van der Waals surface area contributed by atoms with Gasteiger partial charge in [0, 0.05) is 23.8 Å². The van der Waals surface area contributed by atoms with E-state index in [0.717, 1.165) is 18.1 Å². The molecule has 0 bridgehead atoms. The lowest BCUT2D eigenvalue weighted by Gasteiger charge is -2.18. The standard InChI is InChI=1S/C11H14ClN.ClH.H3N/c1-2-6-13-7-5-9-3-4-10(12)8-11(9)13;;/h3-4,8H,2,5-7H2,1H3;1H;1H3. The summed E-state index contributed by atoms with van der Waals surface area (Å²) in [5, 5.41) is 0.849. The number of halogens is 2. The van der Waals surface area contributed by atoms with Gasteiger partial charge in [0.15, 0.2) is 0 Å². The van der Waals surface area contributed by atoms with E-state index < -0.39 is 0 Å². The van der Waals surface area contributed by atoms with Crippen molar-refractivity contribution in [1.29, 1.82) is 0 Å². The molecule has 1 heterocycles. The Morgan fingerprint density at radius 3 is 2.80 bits per heavy atom. The molecule has 2 nitrogen and oxygen atoms in total. The highest BCUT2D eigenvalue weighted by Gasteiger charge is 2.17. The summed E-state index contributed by atoms with van der Waals surface area (Å²) in [7, 11) is 0. The van der Waals surface area contributed by atoms with E-state index in [0.29, 0.717) is 0 Å². The van der Waals surface area contributed by atoms with Gasteiger partial charge >= 0.3 is 0 Å². The minimum atomic E-state index is 0. The lowest BCUT2D eigenvalue weighted by molar-refractivity contribution is 0.796. The SMILES string of the molecule is CCCN1CCc2ccc(Cl)cc21.Cl.N. The van der Waals surface area contributed by atoms with Gasteiger partial charge in [-0.3, -0.25) is 0 Å². The number of rotatable bonds is 2. The first-order chi connectivity index (χ1) is 6.31. The van der Waals surface area contributed by atoms with Gasteiger partial charge in [-0.2, -0.15) is 0 Å². The van der Waals surface area contributed by atoms with Crippen molar-refractivity contribution in [3.05, 3.63) is 28.8 Å². The van der Waals surface area contributed by atoms with Crippen molar-refractivity contribution in [3.63, 3.8) is 0 Å². The smallest absolute Gasteiger partial charge is 0.0426 e. The molecule has 1 aromatic rings. The van der Waals surface area contributed by atoms with Crippen LogP contribution in [0.4, 0.5) is 5.69 Å². The number of anilines is 1. The van der Waals surface area contributed by atoms with Gasteiger partial charge in [0.2, 0.25) is 0 Å². The van der Waals surface area contributed by atoms with E-state index in [1.54, 1.807) is 0 Å². The highest BCUT2D eigenvalue weighted by Crippen LogP contribution is 2.30. The summed E-state index contributed by atoms with van der Waals surface area (Å²) in [5.74, 6) is 0. The third-order valence-corrected chi connectivity index (χ3v) is 2.77. The molecule has 4 heteroatoms. The number of nitrogens with zero attached hydrogens (tertiary/aromatic N) is 1. The molecule has 0 aromatic heterocycles. The molecular weight excluding hydrogens is 231 g/mol. The Labute approximate surface area is 103 Å². The van der Waals surface area contributed by atoms with Gasteiger partial charge in [0.25, 0.3) is 0 Å². The number of hydrogen-bond donors (Lipinski definition) is 1. The van der Waals surface area contributed by atoms with Crippen molar-refractivity contribution < 1.29 is 0 Å². The Bertz CT molecular complexity index is 313. The van der Waals surface area contributed by atoms with Crippen LogP contribution in [0.5, 0.6) is 0 Å². The summed E-state index contributed by atoms with van der Waals surface area (Å²) >= 11 is 5.96. The van der Waals surface area contributed by atoms with Crippen molar-refractivity contribution in [2.45, 2.75) is 19.8 Å². The van der Waals surface area contributed by atoms with E-state index in [-0.39, 0.29) is 18.6 Å². The van der Waals surface area contributed by atoms with Crippen molar-refractivity contribution >= 4 is 29.7 Å². The monoisotopic (exact) mass is 248 g/mol. The highest BCUT2D eigenvalue weighted by molar-refractivity contribution is 6.30. The molecule has 3 N–H and O–H groups in total. The fraction of sp³-hybridized carbons (Fsp3) is 0.455. The molecule has 1 aliphatic rings. The van der Waals surface area contributed by atoms with E-state index in [9.17, 15) is 0 Å². The lowest BCUT2D eigenvalue weighted by Crippen LogP contribution is -2.20. The number of benzene rings is 1. The Morgan fingerprint density at radius 1 is 1.40 bits per heavy atom. The summed E-state index contributed by atoms with van der Waals surface area (Å²) in [6, 6.07) is 6.21. The minimum Gasteiger partial charge on any atom is -0.371 e. The molecule has 0 amide bonds. The van der Waals surface area contributed by atoms with Crippen LogP contribution in [0.3, 0.4) is 0 Å².